The Morgan fingerprint density at radius 1 is 1.42 bits per heavy atom. The van der Waals surface area contributed by atoms with Crippen LogP contribution in [0.1, 0.15) is 12.8 Å². The summed E-state index contributed by atoms with van der Waals surface area (Å²) in [5, 5.41) is 17.2. The second-order valence-electron chi connectivity index (χ2n) is 3.75. The van der Waals surface area contributed by atoms with Gasteiger partial charge in [0.15, 0.2) is 0 Å². The minimum absolute atomic E-state index is 0.0845. The highest BCUT2D eigenvalue weighted by Crippen LogP contribution is 2.81. The van der Waals surface area contributed by atoms with E-state index in [2.05, 4.69) is 0 Å². The zero-order valence-corrected chi connectivity index (χ0v) is 6.18. The van der Waals surface area contributed by atoms with Crippen molar-refractivity contribution in [1.29, 1.82) is 0 Å². The molecule has 0 heterocycles. The van der Waals surface area contributed by atoms with Gasteiger partial charge in [-0.05, 0) is 12.8 Å². The minimum atomic E-state index is -3.21. The fourth-order valence-corrected chi connectivity index (χ4v) is 2.34. The fourth-order valence-electron chi connectivity index (χ4n) is 2.34. The molecular weight excluding hydrogens is 170 g/mol. The third-order valence-corrected chi connectivity index (χ3v) is 3.26. The maximum atomic E-state index is 13.0. The van der Waals surface area contributed by atoms with E-state index in [0.717, 1.165) is 0 Å². The third-order valence-electron chi connectivity index (χ3n) is 3.26. The zero-order chi connectivity index (χ0) is 9.20. The average molecular weight is 178 g/mol. The SMILES string of the molecule is O=C(O)C12CC(CO)(C1)C2(F)F. The predicted molar refractivity (Wildman–Crippen MR) is 33.8 cm³/mol. The summed E-state index contributed by atoms with van der Waals surface area (Å²) in [7, 11) is 0. The molecule has 0 aromatic heterocycles. The molecule has 2 bridgehead atoms. The van der Waals surface area contributed by atoms with Gasteiger partial charge in [0.05, 0.1) is 12.0 Å². The van der Waals surface area contributed by atoms with Crippen molar-refractivity contribution in [2.75, 3.05) is 6.61 Å². The van der Waals surface area contributed by atoms with Crippen LogP contribution in [0.2, 0.25) is 0 Å². The van der Waals surface area contributed by atoms with E-state index in [-0.39, 0.29) is 12.8 Å². The molecule has 3 aliphatic rings. The largest absolute Gasteiger partial charge is 0.481 e. The quantitative estimate of drug-likeness (QED) is 0.646. The first kappa shape index (κ1) is 7.91. The number of halogens is 2. The highest BCUT2D eigenvalue weighted by molar-refractivity contribution is 5.82. The number of hydrogen-bond acceptors (Lipinski definition) is 2. The smallest absolute Gasteiger partial charge is 0.315 e. The Labute approximate surface area is 67.0 Å². The van der Waals surface area contributed by atoms with E-state index in [1.54, 1.807) is 0 Å². The molecule has 0 saturated heterocycles. The van der Waals surface area contributed by atoms with E-state index in [0.29, 0.717) is 0 Å². The number of aliphatic carboxylic acids is 1. The molecule has 0 amide bonds. The first-order valence-corrected chi connectivity index (χ1v) is 3.64. The van der Waals surface area contributed by atoms with Crippen LogP contribution < -0.4 is 0 Å². The standard InChI is InChI=1S/C7H8F2O3/c8-7(9)5(3-10)1-6(7,2-5)4(11)12/h10H,1-3H2,(H,11,12). The van der Waals surface area contributed by atoms with Gasteiger partial charge in [0.25, 0.3) is 5.92 Å². The first-order valence-electron chi connectivity index (χ1n) is 3.64. The lowest BCUT2D eigenvalue weighted by molar-refractivity contribution is -0.404. The Morgan fingerprint density at radius 3 is 2.17 bits per heavy atom. The van der Waals surface area contributed by atoms with Crippen LogP contribution in [0.15, 0.2) is 0 Å². The van der Waals surface area contributed by atoms with Gasteiger partial charge >= 0.3 is 5.97 Å². The minimum Gasteiger partial charge on any atom is -0.481 e. The van der Waals surface area contributed by atoms with Crippen molar-refractivity contribution in [2.24, 2.45) is 10.8 Å². The second-order valence-corrected chi connectivity index (χ2v) is 3.75. The number of carboxylic acids is 1. The van der Waals surface area contributed by atoms with E-state index in [1.165, 1.54) is 0 Å². The van der Waals surface area contributed by atoms with Crippen LogP contribution in [0.25, 0.3) is 0 Å². The second kappa shape index (κ2) is 1.64. The van der Waals surface area contributed by atoms with E-state index in [1.807, 2.05) is 0 Å². The maximum absolute atomic E-state index is 13.0. The Kier molecular flexibility index (Phi) is 1.08. The summed E-state index contributed by atoms with van der Waals surface area (Å²) < 4.78 is 26.0. The number of aliphatic hydroxyl groups is 1. The average Bonchev–Trinajstić information content (AvgIpc) is 1.84. The molecule has 0 aromatic rings. The molecule has 2 N–H and O–H groups in total. The monoisotopic (exact) mass is 178 g/mol. The molecule has 0 aliphatic heterocycles. The van der Waals surface area contributed by atoms with E-state index in [9.17, 15) is 13.6 Å². The van der Waals surface area contributed by atoms with Crippen molar-refractivity contribution in [2.45, 2.75) is 18.8 Å². The highest BCUT2D eigenvalue weighted by Gasteiger charge is 2.91. The topological polar surface area (TPSA) is 57.5 Å². The molecule has 3 fully saturated rings. The van der Waals surface area contributed by atoms with Crippen LogP contribution in [-0.2, 0) is 4.79 Å². The van der Waals surface area contributed by atoms with Crippen LogP contribution in [0.3, 0.4) is 0 Å². The lowest BCUT2D eigenvalue weighted by Gasteiger charge is -2.72. The summed E-state index contributed by atoms with van der Waals surface area (Å²) in [4.78, 5) is 10.5. The Morgan fingerprint density at radius 2 is 1.92 bits per heavy atom. The number of carbonyl (C=O) groups is 1. The molecule has 3 nitrogen and oxygen atoms in total. The molecule has 0 radical (unpaired) electrons. The first-order chi connectivity index (χ1) is 5.42. The van der Waals surface area contributed by atoms with E-state index < -0.39 is 29.3 Å². The van der Waals surface area contributed by atoms with Crippen molar-refractivity contribution >= 4 is 5.97 Å². The molecule has 3 aliphatic carbocycles. The number of aliphatic hydroxyl groups excluding tert-OH is 1. The highest BCUT2D eigenvalue weighted by atomic mass is 19.3. The van der Waals surface area contributed by atoms with Gasteiger partial charge in [0, 0.05) is 0 Å². The van der Waals surface area contributed by atoms with Crippen molar-refractivity contribution in [3.63, 3.8) is 0 Å². The molecule has 0 spiro atoms. The number of hydrogen-bond donors (Lipinski definition) is 2. The van der Waals surface area contributed by atoms with Crippen LogP contribution in [-0.4, -0.2) is 28.7 Å². The lowest BCUT2D eigenvalue weighted by atomic mass is 9.32. The lowest BCUT2D eigenvalue weighted by Crippen LogP contribution is -2.82. The van der Waals surface area contributed by atoms with Gasteiger partial charge < -0.3 is 10.2 Å². The van der Waals surface area contributed by atoms with Crippen LogP contribution in [0.4, 0.5) is 8.78 Å². The van der Waals surface area contributed by atoms with Gasteiger partial charge in [0.1, 0.15) is 5.41 Å². The van der Waals surface area contributed by atoms with E-state index in [4.69, 9.17) is 10.2 Å². The summed E-state index contributed by atoms with van der Waals surface area (Å²) in [6.45, 7) is -0.616. The summed E-state index contributed by atoms with van der Waals surface area (Å²) in [6.07, 6.45) is -0.169. The van der Waals surface area contributed by atoms with Gasteiger partial charge in [-0.15, -0.1) is 0 Å². The third kappa shape index (κ3) is 0.435. The van der Waals surface area contributed by atoms with Crippen LogP contribution in [0, 0.1) is 10.8 Å². The Hall–Kier alpha value is -0.710. The molecule has 68 valence electrons. The summed E-state index contributed by atoms with van der Waals surface area (Å²) >= 11 is 0. The Balaban J connectivity index is 2.28. The molecule has 0 aromatic carbocycles. The molecule has 0 atom stereocenters. The maximum Gasteiger partial charge on any atom is 0.315 e. The number of alkyl halides is 2. The molecule has 12 heavy (non-hydrogen) atoms. The summed E-state index contributed by atoms with van der Waals surface area (Å²) in [6, 6.07) is 0. The Bertz CT molecular complexity index is 255. The molecule has 3 rings (SSSR count). The normalized spacial score (nSPS) is 47.6. The predicted octanol–water partition coefficient (Wildman–Crippen LogP) is 0.479. The van der Waals surface area contributed by atoms with Crippen molar-refractivity contribution in [1.82, 2.24) is 0 Å². The zero-order valence-electron chi connectivity index (χ0n) is 6.18. The molecular formula is C7H8F2O3. The van der Waals surface area contributed by atoms with Crippen LogP contribution in [0.5, 0.6) is 0 Å². The summed E-state index contributed by atoms with van der Waals surface area (Å²) in [5.74, 6) is -4.65. The fraction of sp³-hybridized carbons (Fsp3) is 0.857. The van der Waals surface area contributed by atoms with Gasteiger partial charge in [-0.2, -0.15) is 0 Å². The van der Waals surface area contributed by atoms with Gasteiger partial charge in [-0.3, -0.25) is 4.79 Å². The molecule has 0 unspecified atom stereocenters. The van der Waals surface area contributed by atoms with Gasteiger partial charge in [0.2, 0.25) is 0 Å². The number of rotatable bonds is 2. The number of carboxylic acid groups (broad SMARTS) is 1. The summed E-state index contributed by atoms with van der Waals surface area (Å²) in [5.41, 5.74) is -3.26. The van der Waals surface area contributed by atoms with Gasteiger partial charge in [-0.1, -0.05) is 0 Å². The van der Waals surface area contributed by atoms with Crippen molar-refractivity contribution < 1.29 is 23.8 Å². The van der Waals surface area contributed by atoms with Crippen LogP contribution >= 0.6 is 0 Å². The van der Waals surface area contributed by atoms with E-state index >= 15 is 0 Å². The van der Waals surface area contributed by atoms with Crippen molar-refractivity contribution in [3.05, 3.63) is 0 Å². The van der Waals surface area contributed by atoms with Crippen molar-refractivity contribution in [3.8, 4) is 0 Å². The molecule has 3 saturated carbocycles. The molecule has 5 heteroatoms. The van der Waals surface area contributed by atoms with Gasteiger partial charge in [-0.25, -0.2) is 8.78 Å².